The molecule has 1 heterocycles. The largest absolute Gasteiger partial charge is 0.221 e. The van der Waals surface area contributed by atoms with Crippen molar-refractivity contribution in [2.75, 3.05) is 0 Å². The summed E-state index contributed by atoms with van der Waals surface area (Å²) >= 11 is 0. The van der Waals surface area contributed by atoms with Gasteiger partial charge in [0.1, 0.15) is 12.2 Å². The molecule has 0 aliphatic rings. The molecule has 0 saturated carbocycles. The minimum atomic E-state index is 0.329. The molecule has 1 aromatic carbocycles. The number of hydrogen-bond donors (Lipinski definition) is 0. The van der Waals surface area contributed by atoms with Crippen LogP contribution in [0.2, 0.25) is 0 Å². The Morgan fingerprint density at radius 2 is 1.73 bits per heavy atom. The van der Waals surface area contributed by atoms with Gasteiger partial charge in [0.15, 0.2) is 5.82 Å². The molecule has 15 heavy (non-hydrogen) atoms. The van der Waals surface area contributed by atoms with Crippen molar-refractivity contribution in [1.82, 2.24) is 15.0 Å². The van der Waals surface area contributed by atoms with Crippen LogP contribution in [0.5, 0.6) is 0 Å². The first kappa shape index (κ1) is 9.77. The molecule has 0 N–H and O–H groups in total. The predicted octanol–water partition coefficient (Wildman–Crippen LogP) is 2.66. The van der Waals surface area contributed by atoms with E-state index in [1.807, 2.05) is 30.3 Å². The van der Waals surface area contributed by atoms with E-state index in [-0.39, 0.29) is 0 Å². The van der Waals surface area contributed by atoms with E-state index in [1.54, 1.807) is 6.33 Å². The SMILES string of the molecule is CC(C)c1ncnc(-c2ccccc2)n1. The number of rotatable bonds is 2. The van der Waals surface area contributed by atoms with Crippen molar-refractivity contribution < 1.29 is 0 Å². The molecule has 0 spiro atoms. The van der Waals surface area contributed by atoms with Gasteiger partial charge in [-0.2, -0.15) is 0 Å². The molecule has 0 amide bonds. The Morgan fingerprint density at radius 3 is 2.40 bits per heavy atom. The van der Waals surface area contributed by atoms with E-state index in [9.17, 15) is 0 Å². The van der Waals surface area contributed by atoms with Gasteiger partial charge in [0.2, 0.25) is 0 Å². The normalized spacial score (nSPS) is 10.6. The van der Waals surface area contributed by atoms with Crippen LogP contribution in [0.1, 0.15) is 25.6 Å². The van der Waals surface area contributed by atoms with E-state index >= 15 is 0 Å². The lowest BCUT2D eigenvalue weighted by Gasteiger charge is -2.04. The van der Waals surface area contributed by atoms with E-state index in [4.69, 9.17) is 0 Å². The molecule has 0 unspecified atom stereocenters. The van der Waals surface area contributed by atoms with Crippen LogP contribution in [-0.4, -0.2) is 15.0 Å². The highest BCUT2D eigenvalue weighted by atomic mass is 15.0. The van der Waals surface area contributed by atoms with Gasteiger partial charge in [0.25, 0.3) is 0 Å². The Kier molecular flexibility index (Phi) is 2.72. The topological polar surface area (TPSA) is 38.7 Å². The first-order chi connectivity index (χ1) is 7.27. The molecule has 0 radical (unpaired) electrons. The molecule has 2 aromatic rings. The van der Waals surface area contributed by atoms with Crippen molar-refractivity contribution in [3.63, 3.8) is 0 Å². The number of hydrogen-bond acceptors (Lipinski definition) is 3. The lowest BCUT2D eigenvalue weighted by atomic mass is 10.2. The molecule has 0 saturated heterocycles. The highest BCUT2D eigenvalue weighted by Gasteiger charge is 2.05. The minimum Gasteiger partial charge on any atom is -0.221 e. The monoisotopic (exact) mass is 199 g/mol. The standard InChI is InChI=1S/C12H13N3/c1-9(2)11-13-8-14-12(15-11)10-6-4-3-5-7-10/h3-9H,1-2H3. The van der Waals surface area contributed by atoms with E-state index in [1.165, 1.54) is 0 Å². The highest BCUT2D eigenvalue weighted by molar-refractivity contribution is 5.53. The fourth-order valence-corrected chi connectivity index (χ4v) is 1.31. The quantitative estimate of drug-likeness (QED) is 0.746. The maximum Gasteiger partial charge on any atom is 0.162 e. The number of benzene rings is 1. The Bertz CT molecular complexity index is 438. The van der Waals surface area contributed by atoms with Crippen molar-refractivity contribution in [3.8, 4) is 11.4 Å². The lowest BCUT2D eigenvalue weighted by molar-refractivity contribution is 0.762. The minimum absolute atomic E-state index is 0.329. The zero-order valence-corrected chi connectivity index (χ0v) is 8.88. The summed E-state index contributed by atoms with van der Waals surface area (Å²) in [6.45, 7) is 4.15. The summed E-state index contributed by atoms with van der Waals surface area (Å²) in [6.07, 6.45) is 1.57. The average molecular weight is 199 g/mol. The summed E-state index contributed by atoms with van der Waals surface area (Å²) in [6, 6.07) is 9.94. The summed E-state index contributed by atoms with van der Waals surface area (Å²) < 4.78 is 0. The molecule has 0 atom stereocenters. The third-order valence-electron chi connectivity index (χ3n) is 2.14. The van der Waals surface area contributed by atoms with Gasteiger partial charge in [0.05, 0.1) is 0 Å². The molecule has 3 heteroatoms. The van der Waals surface area contributed by atoms with Gasteiger partial charge in [0, 0.05) is 11.5 Å². The fourth-order valence-electron chi connectivity index (χ4n) is 1.31. The van der Waals surface area contributed by atoms with Crippen LogP contribution in [0.25, 0.3) is 11.4 Å². The molecular formula is C12H13N3. The van der Waals surface area contributed by atoms with E-state index in [0.717, 1.165) is 17.2 Å². The third kappa shape index (κ3) is 2.18. The van der Waals surface area contributed by atoms with Gasteiger partial charge in [-0.15, -0.1) is 0 Å². The lowest BCUT2D eigenvalue weighted by Crippen LogP contribution is -2.00. The predicted molar refractivity (Wildman–Crippen MR) is 59.4 cm³/mol. The third-order valence-corrected chi connectivity index (χ3v) is 2.14. The summed E-state index contributed by atoms with van der Waals surface area (Å²) in [7, 11) is 0. The van der Waals surface area contributed by atoms with Crippen LogP contribution in [-0.2, 0) is 0 Å². The Hall–Kier alpha value is -1.77. The summed E-state index contributed by atoms with van der Waals surface area (Å²) in [5.41, 5.74) is 1.03. The van der Waals surface area contributed by atoms with E-state index in [2.05, 4.69) is 28.8 Å². The van der Waals surface area contributed by atoms with Gasteiger partial charge in [-0.05, 0) is 0 Å². The molecule has 1 aromatic heterocycles. The van der Waals surface area contributed by atoms with Crippen molar-refractivity contribution in [2.24, 2.45) is 0 Å². The maximum atomic E-state index is 4.42. The van der Waals surface area contributed by atoms with Crippen LogP contribution >= 0.6 is 0 Å². The van der Waals surface area contributed by atoms with Crippen molar-refractivity contribution >= 4 is 0 Å². The zero-order chi connectivity index (χ0) is 10.7. The molecule has 0 bridgehead atoms. The van der Waals surface area contributed by atoms with E-state index < -0.39 is 0 Å². The molecule has 3 nitrogen and oxygen atoms in total. The highest BCUT2D eigenvalue weighted by Crippen LogP contribution is 2.15. The summed E-state index contributed by atoms with van der Waals surface area (Å²) in [5.74, 6) is 1.91. The van der Waals surface area contributed by atoms with Crippen molar-refractivity contribution in [1.29, 1.82) is 0 Å². The number of aromatic nitrogens is 3. The van der Waals surface area contributed by atoms with Crippen molar-refractivity contribution in [3.05, 3.63) is 42.5 Å². The Balaban J connectivity index is 2.42. The molecule has 0 aliphatic heterocycles. The van der Waals surface area contributed by atoms with Gasteiger partial charge in [-0.3, -0.25) is 0 Å². The van der Waals surface area contributed by atoms with Crippen LogP contribution < -0.4 is 0 Å². The van der Waals surface area contributed by atoms with Crippen molar-refractivity contribution in [2.45, 2.75) is 19.8 Å². The molecule has 0 fully saturated rings. The zero-order valence-electron chi connectivity index (χ0n) is 8.88. The fraction of sp³-hybridized carbons (Fsp3) is 0.250. The first-order valence-corrected chi connectivity index (χ1v) is 5.01. The van der Waals surface area contributed by atoms with Gasteiger partial charge in [-0.1, -0.05) is 44.2 Å². The Labute approximate surface area is 89.2 Å². The van der Waals surface area contributed by atoms with E-state index in [0.29, 0.717) is 5.92 Å². The van der Waals surface area contributed by atoms with Crippen LogP contribution in [0.3, 0.4) is 0 Å². The molecule has 2 rings (SSSR count). The molecule has 76 valence electrons. The maximum absolute atomic E-state index is 4.42. The van der Waals surface area contributed by atoms with Crippen LogP contribution in [0.4, 0.5) is 0 Å². The van der Waals surface area contributed by atoms with Gasteiger partial charge < -0.3 is 0 Å². The second-order valence-electron chi connectivity index (χ2n) is 3.69. The smallest absolute Gasteiger partial charge is 0.162 e. The second-order valence-corrected chi connectivity index (χ2v) is 3.69. The van der Waals surface area contributed by atoms with Crippen LogP contribution in [0, 0.1) is 0 Å². The number of nitrogens with zero attached hydrogens (tertiary/aromatic N) is 3. The molecule has 0 aliphatic carbocycles. The summed E-state index contributed by atoms with van der Waals surface area (Å²) in [4.78, 5) is 12.7. The second kappa shape index (κ2) is 4.17. The van der Waals surface area contributed by atoms with Crippen LogP contribution in [0.15, 0.2) is 36.7 Å². The van der Waals surface area contributed by atoms with Gasteiger partial charge >= 0.3 is 0 Å². The molecular weight excluding hydrogens is 186 g/mol. The summed E-state index contributed by atoms with van der Waals surface area (Å²) in [5, 5.41) is 0. The van der Waals surface area contributed by atoms with Gasteiger partial charge in [-0.25, -0.2) is 15.0 Å². The Morgan fingerprint density at radius 1 is 1.00 bits per heavy atom. The average Bonchev–Trinajstić information content (AvgIpc) is 2.30. The first-order valence-electron chi connectivity index (χ1n) is 5.01.